The van der Waals surface area contributed by atoms with Crippen LogP contribution in [0.15, 0.2) is 76.6 Å². The van der Waals surface area contributed by atoms with Crippen molar-refractivity contribution in [3.63, 3.8) is 0 Å². The molecular formula is C31H39ClN4O2S2. The predicted octanol–water partition coefficient (Wildman–Crippen LogP) is 7.43. The highest BCUT2D eigenvalue weighted by molar-refractivity contribution is 7.82. The Kier molecular flexibility index (Phi) is 12.6. The maximum Gasteiger partial charge on any atom is 0.228 e. The molecule has 1 unspecified atom stereocenters. The number of hydrogen-bond acceptors (Lipinski definition) is 4. The molecule has 5 rings (SSSR count). The number of aryl methyl sites for hydroxylation is 3. The average Bonchev–Trinajstić information content (AvgIpc) is 3.65. The minimum atomic E-state index is -1.42. The van der Waals surface area contributed by atoms with Crippen molar-refractivity contribution < 1.29 is 9.00 Å². The fraction of sp³-hybridized carbons (Fsp3) is 0.355. The molecule has 0 bridgehead atoms. The van der Waals surface area contributed by atoms with Crippen molar-refractivity contribution in [3.05, 3.63) is 99.2 Å². The number of halogens is 1. The van der Waals surface area contributed by atoms with E-state index < -0.39 is 11.0 Å². The molecule has 1 aliphatic carbocycles. The molecule has 2 aromatic heterocycles. The first-order valence-electron chi connectivity index (χ1n) is 13.6. The Morgan fingerprint density at radius 3 is 2.50 bits per heavy atom. The first kappa shape index (κ1) is 31.7. The Labute approximate surface area is 249 Å². The van der Waals surface area contributed by atoms with Crippen LogP contribution in [0, 0.1) is 0 Å². The predicted molar refractivity (Wildman–Crippen MR) is 168 cm³/mol. The maximum absolute atomic E-state index is 13.3. The number of anilines is 1. The van der Waals surface area contributed by atoms with Crippen molar-refractivity contribution in [1.82, 2.24) is 9.55 Å². The van der Waals surface area contributed by atoms with Gasteiger partial charge < -0.3 is 9.47 Å². The Hall–Kier alpha value is -2.78. The number of amides is 1. The molecule has 214 valence electrons. The van der Waals surface area contributed by atoms with Gasteiger partial charge in [-0.15, -0.1) is 0 Å². The molecule has 1 aliphatic rings. The Balaban J connectivity index is 0.000000309. The standard InChI is InChI=1S/C23H27N3OS.C6H6ClNOS.C2H6/c1-17(20-9-12-28-16-20)13-23(27)26(15-22-24-10-11-25(22)2)21-8-7-18-5-3-4-6-19(18)14-21;7-5-2-1-3-6(4-5)10(8)9;1-2/h7-12,14,16-17H,3-6,13,15H2,1-2H3;1-4H,8H2;1-2H3/t17-;;/m0../s1. The topological polar surface area (TPSA) is 81.2 Å². The summed E-state index contributed by atoms with van der Waals surface area (Å²) >= 11 is 7.28. The summed E-state index contributed by atoms with van der Waals surface area (Å²) in [5, 5.41) is 9.86. The van der Waals surface area contributed by atoms with Gasteiger partial charge in [-0.05, 0) is 95.4 Å². The lowest BCUT2D eigenvalue weighted by Gasteiger charge is -2.26. The lowest BCUT2D eigenvalue weighted by molar-refractivity contribution is -0.119. The summed E-state index contributed by atoms with van der Waals surface area (Å²) < 4.78 is 12.6. The second-order valence-corrected chi connectivity index (χ2v) is 11.8. The van der Waals surface area contributed by atoms with E-state index >= 15 is 0 Å². The fourth-order valence-electron chi connectivity index (χ4n) is 4.54. The van der Waals surface area contributed by atoms with Crippen LogP contribution in [0.4, 0.5) is 5.69 Å². The van der Waals surface area contributed by atoms with Gasteiger partial charge in [0.15, 0.2) is 0 Å². The van der Waals surface area contributed by atoms with Crippen molar-refractivity contribution in [1.29, 1.82) is 0 Å². The van der Waals surface area contributed by atoms with Crippen LogP contribution in [0.2, 0.25) is 5.02 Å². The molecule has 0 fully saturated rings. The Morgan fingerprint density at radius 2 is 1.90 bits per heavy atom. The number of benzene rings is 2. The molecule has 6 nitrogen and oxygen atoms in total. The van der Waals surface area contributed by atoms with Crippen LogP contribution >= 0.6 is 22.9 Å². The molecule has 2 N–H and O–H groups in total. The molecule has 0 radical (unpaired) electrons. The van der Waals surface area contributed by atoms with Gasteiger partial charge in [0.2, 0.25) is 5.91 Å². The largest absolute Gasteiger partial charge is 0.337 e. The number of carbonyl (C=O) groups excluding carboxylic acids is 1. The van der Waals surface area contributed by atoms with Crippen LogP contribution in [0.1, 0.15) is 68.5 Å². The van der Waals surface area contributed by atoms with Gasteiger partial charge in [-0.25, -0.2) is 14.3 Å². The highest BCUT2D eigenvalue weighted by atomic mass is 35.5. The zero-order chi connectivity index (χ0) is 29.1. The molecule has 2 aromatic carbocycles. The van der Waals surface area contributed by atoms with Crippen LogP contribution in [-0.2, 0) is 42.2 Å². The summed E-state index contributed by atoms with van der Waals surface area (Å²) in [6.45, 7) is 6.63. The van der Waals surface area contributed by atoms with E-state index in [0.717, 1.165) is 24.4 Å². The summed E-state index contributed by atoms with van der Waals surface area (Å²) in [4.78, 5) is 20.3. The highest BCUT2D eigenvalue weighted by Gasteiger charge is 2.22. The van der Waals surface area contributed by atoms with E-state index in [-0.39, 0.29) is 11.8 Å². The van der Waals surface area contributed by atoms with Gasteiger partial charge in [0.05, 0.1) is 11.4 Å². The summed E-state index contributed by atoms with van der Waals surface area (Å²) in [6.07, 6.45) is 8.98. The smallest absolute Gasteiger partial charge is 0.228 e. The number of nitrogens with two attached hydrogens (primary N) is 1. The van der Waals surface area contributed by atoms with Gasteiger partial charge in [0.25, 0.3) is 0 Å². The van der Waals surface area contributed by atoms with Crippen LogP contribution in [0.5, 0.6) is 0 Å². The minimum Gasteiger partial charge on any atom is -0.337 e. The number of hydrogen-bond donors (Lipinski definition) is 1. The maximum atomic E-state index is 13.3. The molecule has 4 aromatic rings. The summed E-state index contributed by atoms with van der Waals surface area (Å²) in [7, 11) is 0.554. The molecular weight excluding hydrogens is 560 g/mol. The third-order valence-corrected chi connectivity index (χ3v) is 8.44. The average molecular weight is 599 g/mol. The first-order chi connectivity index (χ1) is 19.3. The first-order valence-corrected chi connectivity index (χ1v) is 16.2. The van der Waals surface area contributed by atoms with Gasteiger partial charge in [-0.3, -0.25) is 4.79 Å². The van der Waals surface area contributed by atoms with E-state index in [2.05, 4.69) is 46.9 Å². The third kappa shape index (κ3) is 8.86. The fourth-order valence-corrected chi connectivity index (χ4v) is 6.03. The third-order valence-electron chi connectivity index (χ3n) is 6.79. The van der Waals surface area contributed by atoms with Crippen LogP contribution in [-0.4, -0.2) is 19.7 Å². The number of thiophene rings is 1. The zero-order valence-electron chi connectivity index (χ0n) is 23.7. The van der Waals surface area contributed by atoms with Gasteiger partial charge >= 0.3 is 0 Å². The van der Waals surface area contributed by atoms with Crippen molar-refractivity contribution in [2.75, 3.05) is 4.90 Å². The molecule has 1 amide bonds. The second-order valence-electron chi connectivity index (χ2n) is 9.51. The summed E-state index contributed by atoms with van der Waals surface area (Å²) in [5.41, 5.74) is 5.06. The minimum absolute atomic E-state index is 0.150. The number of fused-ring (bicyclic) bond motifs is 1. The monoisotopic (exact) mass is 598 g/mol. The second kappa shape index (κ2) is 15.9. The van der Waals surface area contributed by atoms with E-state index in [9.17, 15) is 9.00 Å². The Bertz CT molecular complexity index is 1390. The van der Waals surface area contributed by atoms with Crippen molar-refractivity contribution in [2.24, 2.45) is 12.2 Å². The molecule has 40 heavy (non-hydrogen) atoms. The number of carbonyl (C=O) groups is 1. The van der Waals surface area contributed by atoms with Crippen LogP contribution in [0.3, 0.4) is 0 Å². The molecule has 0 saturated carbocycles. The van der Waals surface area contributed by atoms with Crippen LogP contribution in [0.25, 0.3) is 0 Å². The van der Waals surface area contributed by atoms with E-state index in [4.69, 9.17) is 16.7 Å². The van der Waals surface area contributed by atoms with Crippen molar-refractivity contribution >= 4 is 45.5 Å². The zero-order valence-corrected chi connectivity index (χ0v) is 26.1. The molecule has 2 atom stereocenters. The van der Waals surface area contributed by atoms with E-state index in [0.29, 0.717) is 22.9 Å². The highest BCUT2D eigenvalue weighted by Crippen LogP contribution is 2.29. The lowest BCUT2D eigenvalue weighted by atomic mass is 9.91. The number of imidazole rings is 1. The molecule has 0 spiro atoms. The quantitative estimate of drug-likeness (QED) is 0.240. The molecule has 0 aliphatic heterocycles. The van der Waals surface area contributed by atoms with Gasteiger partial charge in [-0.1, -0.05) is 44.5 Å². The van der Waals surface area contributed by atoms with Crippen LogP contribution < -0.4 is 10.0 Å². The Morgan fingerprint density at radius 1 is 1.15 bits per heavy atom. The number of aromatic nitrogens is 2. The SMILES string of the molecule is CC.C[C@@H](CC(=O)N(Cc1nccn1C)c1ccc2c(c1)CCCC2)c1ccsc1.NS(=O)c1cccc(Cl)c1. The van der Waals surface area contributed by atoms with Gasteiger partial charge in [-0.2, -0.15) is 11.3 Å². The molecule has 2 heterocycles. The molecule has 0 saturated heterocycles. The molecule has 9 heteroatoms. The van der Waals surface area contributed by atoms with E-state index in [1.807, 2.05) is 36.6 Å². The van der Waals surface area contributed by atoms with Crippen molar-refractivity contribution in [3.8, 4) is 0 Å². The van der Waals surface area contributed by atoms with Gasteiger partial charge in [0, 0.05) is 36.6 Å². The van der Waals surface area contributed by atoms with Gasteiger partial charge in [0.1, 0.15) is 16.8 Å². The number of nitrogens with zero attached hydrogens (tertiary/aromatic N) is 3. The lowest BCUT2D eigenvalue weighted by Crippen LogP contribution is -2.32. The van der Waals surface area contributed by atoms with E-state index in [1.165, 1.54) is 29.5 Å². The summed E-state index contributed by atoms with van der Waals surface area (Å²) in [6, 6.07) is 15.3. The number of rotatable bonds is 7. The van der Waals surface area contributed by atoms with Crippen molar-refractivity contribution in [2.45, 2.75) is 70.2 Å². The summed E-state index contributed by atoms with van der Waals surface area (Å²) in [5.74, 6) is 1.26. The van der Waals surface area contributed by atoms with E-state index in [1.54, 1.807) is 41.8 Å². The normalized spacial score (nSPS) is 13.6.